The van der Waals surface area contributed by atoms with E-state index >= 15 is 0 Å². The van der Waals surface area contributed by atoms with Gasteiger partial charge in [0, 0.05) is 27.2 Å². The molecule has 3 rings (SSSR count). The Morgan fingerprint density at radius 3 is 2.75 bits per heavy atom. The van der Waals surface area contributed by atoms with Crippen molar-refractivity contribution < 1.29 is 19.4 Å². The average molecular weight is 349 g/mol. The number of fused-ring (bicyclic) bond motifs is 1. The van der Waals surface area contributed by atoms with Crippen molar-refractivity contribution in [3.05, 3.63) is 64.6 Å². The number of nitrogens with one attached hydrogen (secondary N) is 2. The molecule has 0 bridgehead atoms. The Balaban J connectivity index is 1.82. The maximum absolute atomic E-state index is 13.9. The first kappa shape index (κ1) is 16.4. The minimum atomic E-state index is -1.30. The van der Waals surface area contributed by atoms with E-state index in [4.69, 9.17) is 16.7 Å². The highest BCUT2D eigenvalue weighted by Crippen LogP contribution is 2.23. The summed E-state index contributed by atoms with van der Waals surface area (Å²) in [7, 11) is 0. The minimum Gasteiger partial charge on any atom is -0.393 e. The summed E-state index contributed by atoms with van der Waals surface area (Å²) in [6.45, 7) is -0.583. The number of carbonyl (C=O) groups excluding carboxylic acids is 1. The third kappa shape index (κ3) is 3.26. The molecule has 0 aliphatic carbocycles. The molecule has 1 unspecified atom stereocenters. The minimum absolute atomic E-state index is 0.0317. The van der Waals surface area contributed by atoms with Gasteiger partial charge in [0.25, 0.3) is 5.91 Å². The van der Waals surface area contributed by atoms with Crippen LogP contribution < -0.4 is 5.32 Å². The number of benzene rings is 2. The Bertz CT molecular complexity index is 910. The van der Waals surface area contributed by atoms with Crippen molar-refractivity contribution in [2.24, 2.45) is 0 Å². The van der Waals surface area contributed by atoms with Gasteiger partial charge in [-0.15, -0.1) is 0 Å². The molecule has 124 valence electrons. The molecular formula is C17H14ClFN2O3. The smallest absolute Gasteiger partial charge is 0.272 e. The summed E-state index contributed by atoms with van der Waals surface area (Å²) in [4.78, 5) is 15.2. The zero-order valence-corrected chi connectivity index (χ0v) is 13.1. The van der Waals surface area contributed by atoms with Crippen molar-refractivity contribution in [1.29, 1.82) is 0 Å². The summed E-state index contributed by atoms with van der Waals surface area (Å²) in [6, 6.07) is 10.7. The van der Waals surface area contributed by atoms with Crippen LogP contribution in [0, 0.1) is 5.82 Å². The van der Waals surface area contributed by atoms with E-state index in [9.17, 15) is 14.3 Å². The number of rotatable bonds is 4. The van der Waals surface area contributed by atoms with Crippen LogP contribution >= 0.6 is 11.6 Å². The van der Waals surface area contributed by atoms with Gasteiger partial charge < -0.3 is 20.5 Å². The van der Waals surface area contributed by atoms with Crippen LogP contribution in [0.15, 0.2) is 42.5 Å². The van der Waals surface area contributed by atoms with E-state index in [1.807, 2.05) is 0 Å². The van der Waals surface area contributed by atoms with Crippen LogP contribution in [0.3, 0.4) is 0 Å². The number of aromatic amines is 1. The molecule has 7 heteroatoms. The summed E-state index contributed by atoms with van der Waals surface area (Å²) >= 11 is 5.91. The lowest BCUT2D eigenvalue weighted by Gasteiger charge is -2.10. The first-order valence-corrected chi connectivity index (χ1v) is 7.53. The first-order valence-electron chi connectivity index (χ1n) is 7.16. The summed E-state index contributed by atoms with van der Waals surface area (Å²) < 4.78 is 13.9. The average Bonchev–Trinajstić information content (AvgIpc) is 2.97. The molecule has 1 aromatic heterocycles. The molecule has 0 fully saturated rings. The molecule has 1 atom stereocenters. The van der Waals surface area contributed by atoms with Crippen LogP contribution in [0.25, 0.3) is 10.9 Å². The number of aliphatic hydroxyl groups excluding tert-OH is 2. The number of hydrogen-bond donors (Lipinski definition) is 4. The molecule has 0 saturated carbocycles. The van der Waals surface area contributed by atoms with Gasteiger partial charge in [0.15, 0.2) is 0 Å². The largest absolute Gasteiger partial charge is 0.393 e. The molecule has 24 heavy (non-hydrogen) atoms. The Labute approximate surface area is 141 Å². The molecule has 5 nitrogen and oxygen atoms in total. The monoisotopic (exact) mass is 348 g/mol. The van der Waals surface area contributed by atoms with E-state index < -0.39 is 24.4 Å². The Hall–Kier alpha value is -2.41. The molecule has 0 radical (unpaired) electrons. The second kappa shape index (κ2) is 6.60. The fourth-order valence-corrected chi connectivity index (χ4v) is 2.58. The summed E-state index contributed by atoms with van der Waals surface area (Å²) in [6.07, 6.45) is -1.30. The summed E-state index contributed by atoms with van der Waals surface area (Å²) in [5, 5.41) is 22.3. The van der Waals surface area contributed by atoms with Crippen molar-refractivity contribution in [2.45, 2.75) is 6.10 Å². The second-order valence-electron chi connectivity index (χ2n) is 5.30. The van der Waals surface area contributed by atoms with Crippen molar-refractivity contribution in [3.63, 3.8) is 0 Å². The number of aliphatic hydroxyl groups is 2. The molecule has 1 heterocycles. The lowest BCUT2D eigenvalue weighted by molar-refractivity contribution is 0.0926. The topological polar surface area (TPSA) is 85.3 Å². The van der Waals surface area contributed by atoms with Gasteiger partial charge in [0.2, 0.25) is 0 Å². The highest BCUT2D eigenvalue weighted by Gasteiger charge is 2.14. The second-order valence-corrected chi connectivity index (χ2v) is 5.74. The number of halogens is 2. The van der Waals surface area contributed by atoms with E-state index in [2.05, 4.69) is 10.3 Å². The number of amides is 1. The van der Waals surface area contributed by atoms with E-state index in [1.165, 1.54) is 12.1 Å². The maximum atomic E-state index is 13.9. The van der Waals surface area contributed by atoms with Crippen molar-refractivity contribution in [3.8, 4) is 0 Å². The molecular weight excluding hydrogens is 335 g/mol. The van der Waals surface area contributed by atoms with Gasteiger partial charge in [-0.25, -0.2) is 4.39 Å². The SMILES string of the molecule is O=C(Nc1ccc(C(O)CO)c(F)c1)c1cc2cc(Cl)ccc2[nH]1. The number of aromatic nitrogens is 1. The standard InChI is InChI=1S/C17H14ClFN2O3/c18-10-1-4-14-9(5-10)6-15(21-14)17(24)20-11-2-3-12(13(19)7-11)16(23)8-22/h1-7,16,21-23H,8H2,(H,20,24). The molecule has 0 aliphatic heterocycles. The van der Waals surface area contributed by atoms with Gasteiger partial charge >= 0.3 is 0 Å². The summed E-state index contributed by atoms with van der Waals surface area (Å²) in [5.74, 6) is -1.14. The fourth-order valence-electron chi connectivity index (χ4n) is 2.40. The van der Waals surface area contributed by atoms with Crippen molar-refractivity contribution in [1.82, 2.24) is 4.98 Å². The van der Waals surface area contributed by atoms with Gasteiger partial charge in [-0.05, 0) is 36.4 Å². The van der Waals surface area contributed by atoms with Crippen LogP contribution in [0.5, 0.6) is 0 Å². The predicted molar refractivity (Wildman–Crippen MR) is 89.7 cm³/mol. The Morgan fingerprint density at radius 1 is 1.25 bits per heavy atom. The lowest BCUT2D eigenvalue weighted by atomic mass is 10.1. The predicted octanol–water partition coefficient (Wildman–Crippen LogP) is 3.24. The van der Waals surface area contributed by atoms with Crippen LogP contribution in [0.4, 0.5) is 10.1 Å². The fraction of sp³-hybridized carbons (Fsp3) is 0.118. The molecule has 0 saturated heterocycles. The van der Waals surface area contributed by atoms with Crippen LogP contribution in [0.2, 0.25) is 5.02 Å². The lowest BCUT2D eigenvalue weighted by Crippen LogP contribution is -2.13. The number of H-pyrrole nitrogens is 1. The van der Waals surface area contributed by atoms with Gasteiger partial charge in [0.05, 0.1) is 6.61 Å². The molecule has 0 spiro atoms. The highest BCUT2D eigenvalue weighted by molar-refractivity contribution is 6.31. The van der Waals surface area contributed by atoms with Gasteiger partial charge in [0.1, 0.15) is 17.6 Å². The van der Waals surface area contributed by atoms with Gasteiger partial charge in [-0.3, -0.25) is 4.79 Å². The number of carbonyl (C=O) groups is 1. The molecule has 1 amide bonds. The molecule has 4 N–H and O–H groups in total. The van der Waals surface area contributed by atoms with Crippen LogP contribution in [0.1, 0.15) is 22.2 Å². The third-order valence-corrected chi connectivity index (χ3v) is 3.85. The number of hydrogen-bond acceptors (Lipinski definition) is 3. The third-order valence-electron chi connectivity index (χ3n) is 3.62. The molecule has 2 aromatic carbocycles. The van der Waals surface area contributed by atoms with Crippen LogP contribution in [-0.4, -0.2) is 27.7 Å². The van der Waals surface area contributed by atoms with E-state index in [1.54, 1.807) is 24.3 Å². The zero-order valence-electron chi connectivity index (χ0n) is 12.4. The van der Waals surface area contributed by atoms with E-state index in [0.717, 1.165) is 17.0 Å². The van der Waals surface area contributed by atoms with Crippen LogP contribution in [-0.2, 0) is 0 Å². The molecule has 0 aliphatic rings. The van der Waals surface area contributed by atoms with Gasteiger partial charge in [-0.1, -0.05) is 17.7 Å². The quantitative estimate of drug-likeness (QED) is 0.584. The normalized spacial score (nSPS) is 12.3. The van der Waals surface area contributed by atoms with E-state index in [-0.39, 0.29) is 11.3 Å². The highest BCUT2D eigenvalue weighted by atomic mass is 35.5. The Morgan fingerprint density at radius 2 is 2.04 bits per heavy atom. The van der Waals surface area contributed by atoms with Crippen molar-refractivity contribution in [2.75, 3.05) is 11.9 Å². The number of anilines is 1. The van der Waals surface area contributed by atoms with E-state index in [0.29, 0.717) is 10.7 Å². The van der Waals surface area contributed by atoms with Crippen molar-refractivity contribution >= 4 is 34.1 Å². The maximum Gasteiger partial charge on any atom is 0.272 e. The molecule has 3 aromatic rings. The van der Waals surface area contributed by atoms with Gasteiger partial charge in [-0.2, -0.15) is 0 Å². The first-order chi connectivity index (χ1) is 11.5. The zero-order chi connectivity index (χ0) is 17.3. The Kier molecular flexibility index (Phi) is 4.53. The summed E-state index contributed by atoms with van der Waals surface area (Å²) in [5.41, 5.74) is 1.28.